The molecule has 5 aromatic rings. The van der Waals surface area contributed by atoms with Crippen LogP contribution in [0.4, 0.5) is 33.2 Å². The monoisotopic (exact) mass is 412 g/mol. The number of rotatable bonds is 5. The van der Waals surface area contributed by atoms with Crippen LogP contribution in [0.2, 0.25) is 0 Å². The number of anilines is 5. The van der Waals surface area contributed by atoms with Crippen LogP contribution in [0.15, 0.2) is 73.3 Å². The normalized spacial score (nSPS) is 10.9. The molecule has 0 radical (unpaired) electrons. The molecule has 1 aromatic carbocycles. The maximum absolute atomic E-state index is 14.8. The smallest absolute Gasteiger partial charge is 0.222 e. The molecule has 4 heterocycles. The summed E-state index contributed by atoms with van der Waals surface area (Å²) < 4.78 is 14.8. The molecule has 0 aliphatic rings. The highest BCUT2D eigenvalue weighted by Gasteiger charge is 2.10. The van der Waals surface area contributed by atoms with E-state index in [1.54, 1.807) is 49.1 Å². The SMILES string of the molecule is Nc1nc(Nc2ccc(Nc3ccnc4[nH]ccc34)c(F)c2)cc(-c2ccncc2)n1. The Balaban J connectivity index is 1.39. The molecule has 0 fully saturated rings. The number of fused-ring (bicyclic) bond motifs is 1. The Morgan fingerprint density at radius 2 is 1.74 bits per heavy atom. The van der Waals surface area contributed by atoms with E-state index in [-0.39, 0.29) is 5.95 Å². The molecular weight excluding hydrogens is 395 g/mol. The number of H-pyrrole nitrogens is 1. The van der Waals surface area contributed by atoms with Crippen molar-refractivity contribution in [1.82, 2.24) is 24.9 Å². The third kappa shape index (κ3) is 3.84. The highest BCUT2D eigenvalue weighted by molar-refractivity contribution is 5.91. The van der Waals surface area contributed by atoms with Crippen molar-refractivity contribution in [3.8, 4) is 11.3 Å². The van der Waals surface area contributed by atoms with Crippen molar-refractivity contribution in [1.29, 1.82) is 0 Å². The highest BCUT2D eigenvalue weighted by Crippen LogP contribution is 2.29. The molecule has 0 spiro atoms. The van der Waals surface area contributed by atoms with Crippen LogP contribution in [0.1, 0.15) is 0 Å². The zero-order chi connectivity index (χ0) is 21.2. The second-order valence-electron chi connectivity index (χ2n) is 6.78. The van der Waals surface area contributed by atoms with Gasteiger partial charge in [0.05, 0.1) is 17.1 Å². The predicted molar refractivity (Wildman–Crippen MR) is 119 cm³/mol. The average Bonchev–Trinajstić information content (AvgIpc) is 3.26. The summed E-state index contributed by atoms with van der Waals surface area (Å²) in [5.74, 6) is 0.160. The summed E-state index contributed by atoms with van der Waals surface area (Å²) in [7, 11) is 0. The Morgan fingerprint density at radius 3 is 2.58 bits per heavy atom. The Hall–Kier alpha value is -4.53. The quantitative estimate of drug-likeness (QED) is 0.333. The van der Waals surface area contributed by atoms with Crippen LogP contribution in [-0.4, -0.2) is 24.9 Å². The van der Waals surface area contributed by atoms with Crippen LogP contribution in [-0.2, 0) is 0 Å². The third-order valence-corrected chi connectivity index (χ3v) is 4.69. The van der Waals surface area contributed by atoms with Gasteiger partial charge in [-0.25, -0.2) is 14.4 Å². The van der Waals surface area contributed by atoms with E-state index in [0.29, 0.717) is 22.9 Å². The average molecular weight is 412 g/mol. The van der Waals surface area contributed by atoms with Crippen LogP contribution >= 0.6 is 0 Å². The van der Waals surface area contributed by atoms with Gasteiger partial charge < -0.3 is 21.4 Å². The van der Waals surface area contributed by atoms with E-state index < -0.39 is 5.82 Å². The number of hydrogen-bond acceptors (Lipinski definition) is 7. The summed E-state index contributed by atoms with van der Waals surface area (Å²) in [6.45, 7) is 0. The summed E-state index contributed by atoms with van der Waals surface area (Å²) >= 11 is 0. The lowest BCUT2D eigenvalue weighted by molar-refractivity contribution is 0.632. The third-order valence-electron chi connectivity index (χ3n) is 4.69. The lowest BCUT2D eigenvalue weighted by atomic mass is 10.2. The fraction of sp³-hybridized carbons (Fsp3) is 0. The van der Waals surface area contributed by atoms with Crippen molar-refractivity contribution >= 4 is 39.9 Å². The minimum absolute atomic E-state index is 0.115. The number of aromatic nitrogens is 5. The number of halogens is 1. The van der Waals surface area contributed by atoms with Gasteiger partial charge >= 0.3 is 0 Å². The molecule has 8 nitrogen and oxygen atoms in total. The van der Waals surface area contributed by atoms with Crippen molar-refractivity contribution in [2.75, 3.05) is 16.4 Å². The zero-order valence-corrected chi connectivity index (χ0v) is 16.2. The minimum atomic E-state index is -0.415. The summed E-state index contributed by atoms with van der Waals surface area (Å²) in [4.78, 5) is 19.7. The molecule has 0 atom stereocenters. The Labute approximate surface area is 176 Å². The molecule has 0 saturated heterocycles. The van der Waals surface area contributed by atoms with Gasteiger partial charge in [0, 0.05) is 47.5 Å². The maximum atomic E-state index is 14.8. The van der Waals surface area contributed by atoms with E-state index in [2.05, 4.69) is 35.6 Å². The van der Waals surface area contributed by atoms with Gasteiger partial charge in [-0.15, -0.1) is 0 Å². The number of pyridine rings is 2. The first kappa shape index (κ1) is 18.5. The molecule has 0 aliphatic heterocycles. The van der Waals surface area contributed by atoms with Crippen molar-refractivity contribution in [2.24, 2.45) is 0 Å². The first-order valence-corrected chi connectivity index (χ1v) is 9.46. The summed E-state index contributed by atoms with van der Waals surface area (Å²) in [5.41, 5.74) is 9.72. The first-order chi connectivity index (χ1) is 15.2. The molecule has 0 unspecified atom stereocenters. The Kier molecular flexibility index (Phi) is 4.60. The molecule has 9 heteroatoms. The van der Waals surface area contributed by atoms with Gasteiger partial charge in [-0.2, -0.15) is 4.98 Å². The van der Waals surface area contributed by atoms with E-state index >= 15 is 0 Å². The van der Waals surface area contributed by atoms with E-state index in [1.807, 2.05) is 18.2 Å². The molecule has 152 valence electrons. The van der Waals surface area contributed by atoms with Crippen LogP contribution in [0.3, 0.4) is 0 Å². The Bertz CT molecular complexity index is 1370. The largest absolute Gasteiger partial charge is 0.368 e. The first-order valence-electron chi connectivity index (χ1n) is 9.46. The number of aromatic amines is 1. The molecule has 4 aromatic heterocycles. The lowest BCUT2D eigenvalue weighted by Gasteiger charge is -2.12. The van der Waals surface area contributed by atoms with Gasteiger partial charge in [0.2, 0.25) is 5.95 Å². The van der Waals surface area contributed by atoms with Crippen LogP contribution in [0.25, 0.3) is 22.3 Å². The molecular formula is C22H17FN8. The van der Waals surface area contributed by atoms with Gasteiger partial charge in [-0.1, -0.05) is 0 Å². The molecule has 5 N–H and O–H groups in total. The number of hydrogen-bond donors (Lipinski definition) is 4. The molecule has 0 bridgehead atoms. The van der Waals surface area contributed by atoms with Gasteiger partial charge in [0.15, 0.2) is 0 Å². The van der Waals surface area contributed by atoms with Gasteiger partial charge in [-0.3, -0.25) is 4.98 Å². The molecule has 5 rings (SSSR count). The summed E-state index contributed by atoms with van der Waals surface area (Å²) in [6, 6.07) is 13.9. The molecule has 0 amide bonds. The maximum Gasteiger partial charge on any atom is 0.222 e. The number of benzene rings is 1. The van der Waals surface area contributed by atoms with Crippen molar-refractivity contribution in [2.45, 2.75) is 0 Å². The van der Waals surface area contributed by atoms with Gasteiger partial charge in [-0.05, 0) is 42.5 Å². The van der Waals surface area contributed by atoms with Crippen molar-refractivity contribution < 1.29 is 4.39 Å². The van der Waals surface area contributed by atoms with E-state index in [1.165, 1.54) is 6.07 Å². The van der Waals surface area contributed by atoms with Crippen LogP contribution < -0.4 is 16.4 Å². The fourth-order valence-electron chi connectivity index (χ4n) is 3.26. The fourth-order valence-corrected chi connectivity index (χ4v) is 3.26. The zero-order valence-electron chi connectivity index (χ0n) is 16.2. The van der Waals surface area contributed by atoms with Crippen molar-refractivity contribution in [3.05, 3.63) is 79.1 Å². The second-order valence-corrected chi connectivity index (χ2v) is 6.78. The van der Waals surface area contributed by atoms with Gasteiger partial charge in [0.25, 0.3) is 0 Å². The summed E-state index contributed by atoms with van der Waals surface area (Å²) in [5, 5.41) is 7.08. The lowest BCUT2D eigenvalue weighted by Crippen LogP contribution is -2.02. The standard InChI is InChI=1S/C22H17FN8/c23-16-11-14(1-2-18(16)29-17-6-10-27-21-15(17)5-9-26-21)28-20-12-19(30-22(24)31-20)13-3-7-25-8-4-13/h1-12H,(H2,26,27,29)(H3,24,28,30,31). The number of nitrogens with zero attached hydrogens (tertiary/aromatic N) is 4. The summed E-state index contributed by atoms with van der Waals surface area (Å²) in [6.07, 6.45) is 6.80. The number of nitrogen functional groups attached to an aromatic ring is 1. The van der Waals surface area contributed by atoms with Crippen molar-refractivity contribution in [3.63, 3.8) is 0 Å². The predicted octanol–water partition coefficient (Wildman–Crippen LogP) is 4.62. The van der Waals surface area contributed by atoms with Gasteiger partial charge in [0.1, 0.15) is 17.3 Å². The second kappa shape index (κ2) is 7.71. The minimum Gasteiger partial charge on any atom is -0.368 e. The van der Waals surface area contributed by atoms with E-state index in [4.69, 9.17) is 5.73 Å². The van der Waals surface area contributed by atoms with E-state index in [0.717, 1.165) is 22.3 Å². The molecule has 31 heavy (non-hydrogen) atoms. The van der Waals surface area contributed by atoms with Crippen LogP contribution in [0, 0.1) is 5.82 Å². The van der Waals surface area contributed by atoms with E-state index in [9.17, 15) is 4.39 Å². The molecule has 0 aliphatic carbocycles. The van der Waals surface area contributed by atoms with Crippen LogP contribution in [0.5, 0.6) is 0 Å². The topological polar surface area (TPSA) is 117 Å². The molecule has 0 saturated carbocycles. The number of nitrogens with one attached hydrogen (secondary N) is 3. The Morgan fingerprint density at radius 1 is 0.871 bits per heavy atom. The highest BCUT2D eigenvalue weighted by atomic mass is 19.1. The number of nitrogens with two attached hydrogens (primary N) is 1.